The van der Waals surface area contributed by atoms with Crippen molar-refractivity contribution in [2.75, 3.05) is 0 Å². The maximum atomic E-state index is 4.08. The van der Waals surface area contributed by atoms with E-state index in [9.17, 15) is 0 Å². The first-order chi connectivity index (χ1) is 6.27. The Morgan fingerprint density at radius 2 is 1.92 bits per heavy atom. The number of hydrogen-bond donors (Lipinski definition) is 0. The van der Waals surface area contributed by atoms with Crippen molar-refractivity contribution in [1.29, 1.82) is 0 Å². The van der Waals surface area contributed by atoms with Gasteiger partial charge >= 0.3 is 0 Å². The fourth-order valence-corrected chi connectivity index (χ4v) is 1.12. The molecule has 0 spiro atoms. The molecule has 0 unspecified atom stereocenters. The third-order valence-corrected chi connectivity index (χ3v) is 1.92. The summed E-state index contributed by atoms with van der Waals surface area (Å²) >= 11 is 3.26. The lowest BCUT2D eigenvalue weighted by Gasteiger charge is -1.99. The molecule has 0 radical (unpaired) electrons. The van der Waals surface area contributed by atoms with Crippen molar-refractivity contribution in [2.24, 2.45) is 0 Å². The molecule has 66 valence electrons. The van der Waals surface area contributed by atoms with Gasteiger partial charge in [0.15, 0.2) is 0 Å². The Morgan fingerprint density at radius 1 is 1.23 bits per heavy atom. The van der Waals surface area contributed by atoms with Crippen LogP contribution < -0.4 is 0 Å². The molecule has 2 aromatic rings. The van der Waals surface area contributed by atoms with E-state index in [0.29, 0.717) is 5.95 Å². The zero-order valence-corrected chi connectivity index (χ0v) is 8.43. The summed E-state index contributed by atoms with van der Waals surface area (Å²) in [4.78, 5) is 12.1. The van der Waals surface area contributed by atoms with Crippen LogP contribution in [0.2, 0.25) is 0 Å². The summed E-state index contributed by atoms with van der Waals surface area (Å²) in [6, 6.07) is 0. The number of rotatable bonds is 1. The van der Waals surface area contributed by atoms with Gasteiger partial charge in [-0.2, -0.15) is 9.78 Å². The predicted octanol–water partition coefficient (Wildman–Crippen LogP) is 1.13. The summed E-state index contributed by atoms with van der Waals surface area (Å²) in [5, 5.41) is 3.98. The van der Waals surface area contributed by atoms with Crippen LogP contribution in [-0.2, 0) is 0 Å². The molecule has 5 nitrogen and oxygen atoms in total. The molecule has 2 aromatic heterocycles. The first kappa shape index (κ1) is 8.31. The quantitative estimate of drug-likeness (QED) is 0.749. The first-order valence-corrected chi connectivity index (χ1v) is 4.41. The van der Waals surface area contributed by atoms with Gasteiger partial charge in [-0.05, 0) is 22.9 Å². The Morgan fingerprint density at radius 3 is 2.46 bits per heavy atom. The lowest BCUT2D eigenvalue weighted by Crippen LogP contribution is -2.04. The lowest BCUT2D eigenvalue weighted by molar-refractivity contribution is 0.776. The van der Waals surface area contributed by atoms with Crippen LogP contribution in [0.15, 0.2) is 23.2 Å². The van der Waals surface area contributed by atoms with Gasteiger partial charge < -0.3 is 0 Å². The summed E-state index contributed by atoms with van der Waals surface area (Å²) in [5.74, 6) is 1.29. The first-order valence-electron chi connectivity index (χ1n) is 3.62. The number of aromatic nitrogens is 5. The van der Waals surface area contributed by atoms with Gasteiger partial charge in [0.2, 0.25) is 0 Å². The van der Waals surface area contributed by atoms with E-state index in [1.54, 1.807) is 17.1 Å². The fraction of sp³-hybridized carbons (Fsp3) is 0.143. The van der Waals surface area contributed by atoms with E-state index in [1.807, 2.05) is 6.92 Å². The molecule has 0 saturated carbocycles. The average molecular weight is 240 g/mol. The van der Waals surface area contributed by atoms with Crippen molar-refractivity contribution in [2.45, 2.75) is 6.92 Å². The van der Waals surface area contributed by atoms with E-state index in [1.165, 1.54) is 6.33 Å². The molecule has 0 N–H and O–H groups in total. The van der Waals surface area contributed by atoms with E-state index in [2.05, 4.69) is 36.0 Å². The van der Waals surface area contributed by atoms with Crippen LogP contribution >= 0.6 is 15.9 Å². The van der Waals surface area contributed by atoms with Crippen molar-refractivity contribution in [3.8, 4) is 5.95 Å². The zero-order chi connectivity index (χ0) is 9.26. The second-order valence-electron chi connectivity index (χ2n) is 2.42. The Balaban J connectivity index is 2.47. The van der Waals surface area contributed by atoms with Crippen LogP contribution in [0.25, 0.3) is 5.95 Å². The molecule has 2 rings (SSSR count). The van der Waals surface area contributed by atoms with Crippen LogP contribution in [0.3, 0.4) is 0 Å². The van der Waals surface area contributed by atoms with Crippen molar-refractivity contribution >= 4 is 15.9 Å². The van der Waals surface area contributed by atoms with E-state index in [-0.39, 0.29) is 0 Å². The summed E-state index contributed by atoms with van der Waals surface area (Å²) in [6.07, 6.45) is 4.81. The highest BCUT2D eigenvalue weighted by atomic mass is 79.9. The summed E-state index contributed by atoms with van der Waals surface area (Å²) in [6.45, 7) is 1.85. The minimum absolute atomic E-state index is 0.526. The largest absolute Gasteiger partial charge is 0.252 e. The predicted molar refractivity (Wildman–Crippen MR) is 49.4 cm³/mol. The van der Waals surface area contributed by atoms with E-state index < -0.39 is 0 Å². The maximum Gasteiger partial charge on any atom is 0.252 e. The van der Waals surface area contributed by atoms with Crippen molar-refractivity contribution in [3.05, 3.63) is 29.0 Å². The van der Waals surface area contributed by atoms with Crippen molar-refractivity contribution in [1.82, 2.24) is 24.7 Å². The Kier molecular flexibility index (Phi) is 2.05. The van der Waals surface area contributed by atoms with Gasteiger partial charge in [-0.1, -0.05) is 0 Å². The minimum Gasteiger partial charge on any atom is -0.220 e. The van der Waals surface area contributed by atoms with E-state index >= 15 is 0 Å². The van der Waals surface area contributed by atoms with Crippen LogP contribution in [-0.4, -0.2) is 24.7 Å². The minimum atomic E-state index is 0.526. The highest BCUT2D eigenvalue weighted by Gasteiger charge is 2.03. The van der Waals surface area contributed by atoms with E-state index in [0.717, 1.165) is 10.3 Å². The molecular formula is C7H6BrN5. The van der Waals surface area contributed by atoms with Crippen LogP contribution in [0.5, 0.6) is 0 Å². The van der Waals surface area contributed by atoms with Gasteiger partial charge in [0, 0.05) is 12.4 Å². The van der Waals surface area contributed by atoms with Gasteiger partial charge in [0.1, 0.15) is 12.2 Å². The fourth-order valence-electron chi connectivity index (χ4n) is 0.910. The standard InChI is InChI=1S/C7H6BrN5/c1-5-11-4-12-13(5)7-9-2-6(8)3-10-7/h2-4H,1H3. The molecule has 0 aliphatic heterocycles. The lowest BCUT2D eigenvalue weighted by atomic mass is 10.6. The summed E-state index contributed by atoms with van der Waals surface area (Å²) in [5.41, 5.74) is 0. The Bertz CT molecular complexity index is 407. The van der Waals surface area contributed by atoms with Gasteiger partial charge in [0.25, 0.3) is 5.95 Å². The Hall–Kier alpha value is -1.30. The molecular weight excluding hydrogens is 234 g/mol. The van der Waals surface area contributed by atoms with Gasteiger partial charge in [-0.25, -0.2) is 15.0 Å². The second-order valence-corrected chi connectivity index (χ2v) is 3.34. The molecule has 0 amide bonds. The number of aryl methyl sites for hydroxylation is 1. The SMILES string of the molecule is Cc1ncnn1-c1ncc(Br)cn1. The zero-order valence-electron chi connectivity index (χ0n) is 6.85. The smallest absolute Gasteiger partial charge is 0.220 e. The molecule has 6 heteroatoms. The topological polar surface area (TPSA) is 56.5 Å². The number of nitrogens with zero attached hydrogens (tertiary/aromatic N) is 5. The maximum absolute atomic E-state index is 4.08. The van der Waals surface area contributed by atoms with Crippen molar-refractivity contribution < 1.29 is 0 Å². The molecule has 13 heavy (non-hydrogen) atoms. The molecule has 0 aliphatic carbocycles. The molecule has 0 aliphatic rings. The van der Waals surface area contributed by atoms with Gasteiger partial charge in [-0.15, -0.1) is 0 Å². The van der Waals surface area contributed by atoms with Crippen LogP contribution in [0.1, 0.15) is 5.82 Å². The summed E-state index contributed by atoms with van der Waals surface area (Å²) in [7, 11) is 0. The summed E-state index contributed by atoms with van der Waals surface area (Å²) < 4.78 is 2.42. The van der Waals surface area contributed by atoms with Crippen LogP contribution in [0, 0.1) is 6.92 Å². The van der Waals surface area contributed by atoms with E-state index in [4.69, 9.17) is 0 Å². The Labute approximate surface area is 83.0 Å². The third kappa shape index (κ3) is 1.57. The molecule has 0 fully saturated rings. The highest BCUT2D eigenvalue weighted by Crippen LogP contribution is 2.07. The monoisotopic (exact) mass is 239 g/mol. The van der Waals surface area contributed by atoms with Gasteiger partial charge in [0.05, 0.1) is 4.47 Å². The third-order valence-electron chi connectivity index (χ3n) is 1.51. The second kappa shape index (κ2) is 3.21. The molecule has 2 heterocycles. The molecule has 0 aromatic carbocycles. The number of halogens is 1. The van der Waals surface area contributed by atoms with Crippen molar-refractivity contribution in [3.63, 3.8) is 0 Å². The molecule has 0 atom stereocenters. The normalized spacial score (nSPS) is 10.3. The molecule has 0 bridgehead atoms. The molecule has 0 saturated heterocycles. The average Bonchev–Trinajstić information content (AvgIpc) is 2.53. The van der Waals surface area contributed by atoms with Crippen LogP contribution in [0.4, 0.5) is 0 Å². The highest BCUT2D eigenvalue weighted by molar-refractivity contribution is 9.10. The van der Waals surface area contributed by atoms with Gasteiger partial charge in [-0.3, -0.25) is 0 Å². The number of hydrogen-bond acceptors (Lipinski definition) is 4.